The molecule has 1 aliphatic rings. The quantitative estimate of drug-likeness (QED) is 0.833. The lowest BCUT2D eigenvalue weighted by molar-refractivity contribution is 0.0843. The highest BCUT2D eigenvalue weighted by Gasteiger charge is 2.30. The monoisotopic (exact) mass is 249 g/mol. The smallest absolute Gasteiger partial charge is 0.0950 e. The maximum atomic E-state index is 9.84. The molecule has 1 heterocycles. The summed E-state index contributed by atoms with van der Waals surface area (Å²) in [6, 6.07) is 10.7. The van der Waals surface area contributed by atoms with E-state index in [1.165, 1.54) is 5.56 Å². The van der Waals surface area contributed by atoms with E-state index in [2.05, 4.69) is 36.1 Å². The summed E-state index contributed by atoms with van der Waals surface area (Å²) in [6.07, 6.45) is 1.91. The van der Waals surface area contributed by atoms with E-state index >= 15 is 0 Å². The lowest BCUT2D eigenvalue weighted by Crippen LogP contribution is -2.43. The minimum atomic E-state index is -0.318. The van der Waals surface area contributed by atoms with Gasteiger partial charge in [0.15, 0.2) is 0 Å². The predicted molar refractivity (Wildman–Crippen MR) is 72.6 cm³/mol. The van der Waals surface area contributed by atoms with Crippen molar-refractivity contribution in [1.82, 2.24) is 4.90 Å². The molecule has 3 heteroatoms. The number of nitrogens with zero attached hydrogens (tertiary/aromatic N) is 1. The van der Waals surface area contributed by atoms with Gasteiger partial charge in [-0.1, -0.05) is 37.3 Å². The van der Waals surface area contributed by atoms with Gasteiger partial charge in [0, 0.05) is 0 Å². The molecule has 1 aromatic carbocycles. The minimum Gasteiger partial charge on any atom is -0.389 e. The zero-order chi connectivity index (χ0) is 12.8. The molecule has 2 rings (SSSR count). The van der Waals surface area contributed by atoms with Crippen molar-refractivity contribution >= 4 is 0 Å². The highest BCUT2D eigenvalue weighted by atomic mass is 16.5. The fourth-order valence-corrected chi connectivity index (χ4v) is 2.57. The Bertz CT molecular complexity index is 342. The number of aliphatic hydroxyl groups excluding tert-OH is 1. The lowest BCUT2D eigenvalue weighted by Gasteiger charge is -2.28. The van der Waals surface area contributed by atoms with Gasteiger partial charge in [-0.3, -0.25) is 4.90 Å². The van der Waals surface area contributed by atoms with Crippen molar-refractivity contribution in [2.45, 2.75) is 31.9 Å². The van der Waals surface area contributed by atoms with Gasteiger partial charge in [-0.25, -0.2) is 0 Å². The van der Waals surface area contributed by atoms with Crippen LogP contribution >= 0.6 is 0 Å². The summed E-state index contributed by atoms with van der Waals surface area (Å²) in [5.74, 6) is 0. The SMILES string of the molecule is CCN(CCCc1ccccc1)[C@@H]1COC[C@H]1O. The van der Waals surface area contributed by atoms with Crippen LogP contribution in [0.1, 0.15) is 18.9 Å². The van der Waals surface area contributed by atoms with Crippen molar-refractivity contribution in [2.24, 2.45) is 0 Å². The number of aliphatic hydroxyl groups is 1. The summed E-state index contributed by atoms with van der Waals surface area (Å²) < 4.78 is 5.33. The van der Waals surface area contributed by atoms with E-state index in [0.29, 0.717) is 13.2 Å². The molecule has 0 unspecified atom stereocenters. The van der Waals surface area contributed by atoms with Crippen molar-refractivity contribution < 1.29 is 9.84 Å². The van der Waals surface area contributed by atoms with Crippen LogP contribution in [0.4, 0.5) is 0 Å². The number of ether oxygens (including phenoxy) is 1. The second kappa shape index (κ2) is 6.88. The molecule has 18 heavy (non-hydrogen) atoms. The van der Waals surface area contributed by atoms with Crippen LogP contribution in [-0.4, -0.2) is 48.5 Å². The summed E-state index contributed by atoms with van der Waals surface area (Å²) in [4.78, 5) is 2.33. The van der Waals surface area contributed by atoms with Crippen LogP contribution in [0, 0.1) is 0 Å². The normalized spacial score (nSPS) is 23.7. The van der Waals surface area contributed by atoms with E-state index < -0.39 is 0 Å². The van der Waals surface area contributed by atoms with Crippen molar-refractivity contribution in [3.05, 3.63) is 35.9 Å². The van der Waals surface area contributed by atoms with Crippen molar-refractivity contribution in [3.8, 4) is 0 Å². The Kier molecular flexibility index (Phi) is 5.17. The Balaban J connectivity index is 1.77. The fraction of sp³-hybridized carbons (Fsp3) is 0.600. The summed E-state index contributed by atoms with van der Waals surface area (Å²) in [6.45, 7) is 5.30. The molecule has 0 bridgehead atoms. The molecule has 100 valence electrons. The summed E-state index contributed by atoms with van der Waals surface area (Å²) >= 11 is 0. The molecule has 1 aromatic rings. The second-order valence-corrected chi connectivity index (χ2v) is 4.89. The average molecular weight is 249 g/mol. The van der Waals surface area contributed by atoms with Gasteiger partial charge >= 0.3 is 0 Å². The van der Waals surface area contributed by atoms with Gasteiger partial charge in [0.25, 0.3) is 0 Å². The van der Waals surface area contributed by atoms with Crippen molar-refractivity contribution in [1.29, 1.82) is 0 Å². The first-order chi connectivity index (χ1) is 8.81. The first kappa shape index (κ1) is 13.5. The van der Waals surface area contributed by atoms with E-state index in [9.17, 15) is 5.11 Å². The molecule has 1 saturated heterocycles. The van der Waals surface area contributed by atoms with Gasteiger partial charge in [-0.05, 0) is 31.5 Å². The fourth-order valence-electron chi connectivity index (χ4n) is 2.57. The van der Waals surface area contributed by atoms with Crippen LogP contribution in [0.15, 0.2) is 30.3 Å². The Morgan fingerprint density at radius 2 is 2.06 bits per heavy atom. The van der Waals surface area contributed by atoms with Crippen molar-refractivity contribution in [3.63, 3.8) is 0 Å². The highest BCUT2D eigenvalue weighted by molar-refractivity contribution is 5.14. The van der Waals surface area contributed by atoms with E-state index in [0.717, 1.165) is 25.9 Å². The highest BCUT2D eigenvalue weighted by Crippen LogP contribution is 2.14. The summed E-state index contributed by atoms with van der Waals surface area (Å²) in [7, 11) is 0. The van der Waals surface area contributed by atoms with E-state index in [4.69, 9.17) is 4.74 Å². The van der Waals surface area contributed by atoms with E-state index in [1.54, 1.807) is 0 Å². The minimum absolute atomic E-state index is 0.186. The number of hydrogen-bond donors (Lipinski definition) is 1. The first-order valence-electron chi connectivity index (χ1n) is 6.85. The molecule has 1 fully saturated rings. The second-order valence-electron chi connectivity index (χ2n) is 4.89. The molecule has 0 radical (unpaired) electrons. The molecular formula is C15H23NO2. The van der Waals surface area contributed by atoms with Crippen LogP contribution in [0.2, 0.25) is 0 Å². The van der Waals surface area contributed by atoms with Gasteiger partial charge < -0.3 is 9.84 Å². The number of likely N-dealkylation sites (N-methyl/N-ethyl adjacent to an activating group) is 1. The third kappa shape index (κ3) is 3.55. The molecule has 0 spiro atoms. The van der Waals surface area contributed by atoms with E-state index in [1.807, 2.05) is 6.07 Å². The maximum Gasteiger partial charge on any atom is 0.0950 e. The Morgan fingerprint density at radius 1 is 1.28 bits per heavy atom. The van der Waals surface area contributed by atoms with Crippen LogP contribution in [0.5, 0.6) is 0 Å². The first-order valence-corrected chi connectivity index (χ1v) is 6.85. The number of aryl methyl sites for hydroxylation is 1. The molecule has 0 saturated carbocycles. The number of benzene rings is 1. The van der Waals surface area contributed by atoms with E-state index in [-0.39, 0.29) is 12.1 Å². The van der Waals surface area contributed by atoms with Gasteiger partial charge in [-0.15, -0.1) is 0 Å². The molecule has 0 aliphatic carbocycles. The van der Waals surface area contributed by atoms with Crippen molar-refractivity contribution in [2.75, 3.05) is 26.3 Å². The maximum absolute atomic E-state index is 9.84. The van der Waals surface area contributed by atoms with Crippen LogP contribution in [0.25, 0.3) is 0 Å². The standard InChI is InChI=1S/C15H23NO2/c1-2-16(14-11-18-12-15(14)17)10-6-9-13-7-4-3-5-8-13/h3-5,7-8,14-15,17H,2,6,9-12H2,1H3/t14-,15-/m1/s1. The zero-order valence-corrected chi connectivity index (χ0v) is 11.1. The molecule has 2 atom stereocenters. The average Bonchev–Trinajstić information content (AvgIpc) is 2.82. The van der Waals surface area contributed by atoms with Gasteiger partial charge in [-0.2, -0.15) is 0 Å². The molecule has 0 amide bonds. The molecule has 0 aromatic heterocycles. The Hall–Kier alpha value is -0.900. The summed E-state index contributed by atoms with van der Waals surface area (Å²) in [5, 5.41) is 9.84. The van der Waals surface area contributed by atoms with Crippen LogP contribution < -0.4 is 0 Å². The Labute approximate surface area is 109 Å². The third-order valence-corrected chi connectivity index (χ3v) is 3.65. The Morgan fingerprint density at radius 3 is 2.67 bits per heavy atom. The van der Waals surface area contributed by atoms with Crippen LogP contribution in [-0.2, 0) is 11.2 Å². The summed E-state index contributed by atoms with van der Waals surface area (Å²) in [5.41, 5.74) is 1.39. The molecule has 3 nitrogen and oxygen atoms in total. The largest absolute Gasteiger partial charge is 0.389 e. The molecule has 1 N–H and O–H groups in total. The topological polar surface area (TPSA) is 32.7 Å². The molecule has 1 aliphatic heterocycles. The number of rotatable bonds is 6. The molecular weight excluding hydrogens is 226 g/mol. The van der Waals surface area contributed by atoms with Gasteiger partial charge in [0.05, 0.1) is 25.4 Å². The van der Waals surface area contributed by atoms with Gasteiger partial charge in [0.1, 0.15) is 0 Å². The zero-order valence-electron chi connectivity index (χ0n) is 11.1. The number of hydrogen-bond acceptors (Lipinski definition) is 3. The third-order valence-electron chi connectivity index (χ3n) is 3.65. The van der Waals surface area contributed by atoms with Gasteiger partial charge in [0.2, 0.25) is 0 Å². The van der Waals surface area contributed by atoms with Crippen LogP contribution in [0.3, 0.4) is 0 Å². The lowest BCUT2D eigenvalue weighted by atomic mass is 10.1. The predicted octanol–water partition coefficient (Wildman–Crippen LogP) is 1.70.